The second-order valence-electron chi connectivity index (χ2n) is 8.98. The van der Waals surface area contributed by atoms with Crippen molar-refractivity contribution in [2.75, 3.05) is 59.8 Å². The van der Waals surface area contributed by atoms with Crippen molar-refractivity contribution in [3.8, 4) is 0 Å². The summed E-state index contributed by atoms with van der Waals surface area (Å²) in [6.07, 6.45) is 5.73. The number of rotatable bonds is 24. The first-order chi connectivity index (χ1) is 19.7. The molecule has 0 unspecified atom stereocenters. The summed E-state index contributed by atoms with van der Waals surface area (Å²) in [5.41, 5.74) is 5.93. The van der Waals surface area contributed by atoms with Gasteiger partial charge in [-0.3, -0.25) is 13.8 Å². The molecule has 0 saturated heterocycles. The average Bonchev–Trinajstić information content (AvgIpc) is 2.93. The molecule has 0 amide bonds. The Bertz CT molecular complexity index is 759. The van der Waals surface area contributed by atoms with Gasteiger partial charge in [0.25, 0.3) is 0 Å². The number of unbranched alkanes of at least 4 members (excludes halogenated alkanes) is 6. The summed E-state index contributed by atoms with van der Waals surface area (Å²) in [7, 11) is -2.58. The number of guanidine groups is 1. The molecule has 0 spiro atoms. The van der Waals surface area contributed by atoms with Crippen LogP contribution < -0.4 is 5.73 Å². The van der Waals surface area contributed by atoms with Gasteiger partial charge in [0.1, 0.15) is 6.54 Å². The van der Waals surface area contributed by atoms with Crippen molar-refractivity contribution >= 4 is 32.0 Å². The maximum Gasteiger partial charge on any atom is 0.508 e. The summed E-state index contributed by atoms with van der Waals surface area (Å²) in [6, 6.07) is 0. The first-order valence-electron chi connectivity index (χ1n) is 14.4. The minimum absolute atomic E-state index is 0.0163. The highest BCUT2D eigenvalue weighted by Crippen LogP contribution is 2.50. The fourth-order valence-electron chi connectivity index (χ4n) is 2.96. The van der Waals surface area contributed by atoms with Crippen LogP contribution in [0, 0.1) is 0 Å². The zero-order chi connectivity index (χ0) is 30.8. The van der Waals surface area contributed by atoms with E-state index in [0.717, 1.165) is 38.5 Å². The molecular weight excluding hydrogens is 561 g/mol. The molecule has 0 saturated carbocycles. The van der Waals surface area contributed by atoms with Crippen LogP contribution in [0.5, 0.6) is 0 Å². The summed E-state index contributed by atoms with van der Waals surface area (Å²) in [4.78, 5) is 36.1. The highest BCUT2D eigenvalue weighted by Gasteiger charge is 2.26. The third-order valence-electron chi connectivity index (χ3n) is 5.25. The van der Waals surface area contributed by atoms with Gasteiger partial charge in [-0.25, -0.2) is 14.2 Å². The number of carbonyl (C=O) groups excluding carboxylic acids is 3. The normalized spacial score (nSPS) is 11.6. The first kappa shape index (κ1) is 38.4. The Hall–Kier alpha value is -2.57. The van der Waals surface area contributed by atoms with Crippen molar-refractivity contribution in [1.82, 2.24) is 4.90 Å². The van der Waals surface area contributed by atoms with Crippen molar-refractivity contribution < 1.29 is 51.7 Å². The van der Waals surface area contributed by atoms with Crippen LogP contribution in [0.1, 0.15) is 85.0 Å². The molecule has 2 N–H and O–H groups in total. The number of hydrogen-bond acceptors (Lipinski definition) is 11. The van der Waals surface area contributed by atoms with E-state index in [1.807, 2.05) is 0 Å². The Morgan fingerprint density at radius 2 is 1.05 bits per heavy atom. The van der Waals surface area contributed by atoms with Crippen LogP contribution in [-0.2, 0) is 42.1 Å². The predicted octanol–water partition coefficient (Wildman–Crippen LogP) is 5.18. The molecule has 0 aliphatic rings. The lowest BCUT2D eigenvalue weighted by molar-refractivity contribution is -0.143. The summed E-state index contributed by atoms with van der Waals surface area (Å²) in [5, 5.41) is 0. The van der Waals surface area contributed by atoms with Gasteiger partial charge < -0.3 is 34.3 Å². The fraction of sp³-hybridized carbons (Fsp3) is 0.846. The summed E-state index contributed by atoms with van der Waals surface area (Å²) in [5.74, 6) is -0.762. The number of nitrogens with zero attached hydrogens (tertiary/aromatic N) is 2. The van der Waals surface area contributed by atoms with Crippen molar-refractivity contribution in [3.63, 3.8) is 0 Å². The molecule has 0 aliphatic carbocycles. The van der Waals surface area contributed by atoms with E-state index in [4.69, 9.17) is 38.5 Å². The quantitative estimate of drug-likeness (QED) is 0.0377. The number of nitrogens with two attached hydrogens (primary N) is 1. The maximum absolute atomic E-state index is 13.3. The lowest BCUT2D eigenvalue weighted by Gasteiger charge is -2.20. The molecule has 0 radical (unpaired) electrons. The van der Waals surface area contributed by atoms with E-state index in [1.54, 1.807) is 6.92 Å². The molecule has 0 bridgehead atoms. The van der Waals surface area contributed by atoms with Gasteiger partial charge in [-0.05, 0) is 45.4 Å². The summed E-state index contributed by atoms with van der Waals surface area (Å²) >= 11 is 0. The highest BCUT2D eigenvalue weighted by molar-refractivity contribution is 7.52. The lowest BCUT2D eigenvalue weighted by Crippen LogP contribution is -2.38. The number of esters is 1. The second kappa shape index (κ2) is 25.2. The van der Waals surface area contributed by atoms with Crippen molar-refractivity contribution in [1.29, 1.82) is 0 Å². The van der Waals surface area contributed by atoms with Crippen LogP contribution >= 0.6 is 7.75 Å². The fourth-order valence-corrected chi connectivity index (χ4v) is 4.27. The van der Waals surface area contributed by atoms with Crippen molar-refractivity contribution in [2.45, 2.75) is 85.0 Å². The molecular formula is C26H50N3O11P. The standard InChI is InChI=1S/C26H50N3O11P/c1-5-8-10-16-35-25(31)37-18-12-14-20-39-41(33,28-24(27)29(4)22-23(30)34-7-3)40-21-15-13-19-38-26(32)36-17-11-9-6-2/h5-22H2,1-4H3,(H2,27,28,33). The number of likely N-dealkylation sites (N-methyl/N-ethyl adjacent to an activating group) is 1. The Morgan fingerprint density at radius 3 is 1.44 bits per heavy atom. The summed E-state index contributed by atoms with van der Waals surface area (Å²) < 4.78 is 52.9. The third kappa shape index (κ3) is 22.8. The van der Waals surface area contributed by atoms with Crippen LogP contribution in [0.3, 0.4) is 0 Å². The minimum atomic E-state index is -4.06. The molecule has 15 heteroatoms. The van der Waals surface area contributed by atoms with E-state index in [0.29, 0.717) is 38.9 Å². The zero-order valence-electron chi connectivity index (χ0n) is 25.1. The third-order valence-corrected chi connectivity index (χ3v) is 6.72. The van der Waals surface area contributed by atoms with Crippen LogP contribution in [0.4, 0.5) is 9.59 Å². The van der Waals surface area contributed by atoms with Gasteiger partial charge in [0.05, 0.1) is 46.2 Å². The molecule has 0 heterocycles. The Morgan fingerprint density at radius 1 is 0.659 bits per heavy atom. The van der Waals surface area contributed by atoms with E-state index in [1.165, 1.54) is 11.9 Å². The molecule has 0 aromatic rings. The zero-order valence-corrected chi connectivity index (χ0v) is 26.0. The molecule has 0 aliphatic heterocycles. The Labute approximate surface area is 244 Å². The summed E-state index contributed by atoms with van der Waals surface area (Å²) in [6.45, 7) is 6.59. The monoisotopic (exact) mass is 611 g/mol. The highest BCUT2D eigenvalue weighted by atomic mass is 31.2. The van der Waals surface area contributed by atoms with Gasteiger partial charge in [-0.1, -0.05) is 39.5 Å². The Kier molecular flexibility index (Phi) is 23.6. The average molecular weight is 612 g/mol. The van der Waals surface area contributed by atoms with Crippen LogP contribution in [0.15, 0.2) is 4.76 Å². The number of hydrogen-bond donors (Lipinski definition) is 1. The SMILES string of the molecule is CCCCCOC(=O)OCCCCOP(=O)(N=C(N)N(C)CC(=O)OCC)OCCCCOC(=O)OCCCCC. The smallest absolute Gasteiger partial charge is 0.465 e. The van der Waals surface area contributed by atoms with Gasteiger partial charge in [0, 0.05) is 7.05 Å². The van der Waals surface area contributed by atoms with Gasteiger partial charge in [0.15, 0.2) is 0 Å². The van der Waals surface area contributed by atoms with E-state index in [9.17, 15) is 18.9 Å². The molecule has 240 valence electrons. The van der Waals surface area contributed by atoms with Gasteiger partial charge in [-0.15, -0.1) is 4.76 Å². The van der Waals surface area contributed by atoms with Gasteiger partial charge in [0.2, 0.25) is 5.96 Å². The molecule has 14 nitrogen and oxygen atoms in total. The Balaban J connectivity index is 4.68. The molecule has 0 fully saturated rings. The maximum atomic E-state index is 13.3. The van der Waals surface area contributed by atoms with E-state index in [2.05, 4.69) is 18.6 Å². The van der Waals surface area contributed by atoms with Gasteiger partial charge >= 0.3 is 26.0 Å². The van der Waals surface area contributed by atoms with Crippen molar-refractivity contribution in [2.24, 2.45) is 10.5 Å². The molecule has 0 atom stereocenters. The minimum Gasteiger partial charge on any atom is -0.465 e. The first-order valence-corrected chi connectivity index (χ1v) is 15.9. The van der Waals surface area contributed by atoms with E-state index in [-0.39, 0.29) is 45.5 Å². The predicted molar refractivity (Wildman–Crippen MR) is 153 cm³/mol. The van der Waals surface area contributed by atoms with E-state index >= 15 is 0 Å². The van der Waals surface area contributed by atoms with Crippen LogP contribution in [0.25, 0.3) is 0 Å². The molecule has 0 rings (SSSR count). The largest absolute Gasteiger partial charge is 0.508 e. The molecule has 0 aromatic carbocycles. The van der Waals surface area contributed by atoms with Crippen molar-refractivity contribution in [3.05, 3.63) is 0 Å². The second-order valence-corrected chi connectivity index (χ2v) is 10.6. The van der Waals surface area contributed by atoms with Gasteiger partial charge in [-0.2, -0.15) is 0 Å². The molecule has 41 heavy (non-hydrogen) atoms. The number of ether oxygens (including phenoxy) is 5. The van der Waals surface area contributed by atoms with Crippen LogP contribution in [0.2, 0.25) is 0 Å². The topological polar surface area (TPSA) is 175 Å². The lowest BCUT2D eigenvalue weighted by atomic mass is 10.3. The molecule has 0 aromatic heterocycles. The number of carbonyl (C=O) groups is 3. The van der Waals surface area contributed by atoms with E-state index < -0.39 is 26.0 Å². The van der Waals surface area contributed by atoms with Crippen LogP contribution in [-0.4, -0.2) is 89.0 Å².